The minimum absolute atomic E-state index is 0.264. The molecule has 1 heterocycles. The van der Waals surface area contributed by atoms with Crippen LogP contribution < -0.4 is 10.5 Å². The Balaban J connectivity index is 2.16. The van der Waals surface area contributed by atoms with Crippen molar-refractivity contribution >= 4 is 9.84 Å². The maximum absolute atomic E-state index is 11.4. The number of sulfone groups is 1. The average molecular weight is 292 g/mol. The van der Waals surface area contributed by atoms with Crippen LogP contribution in [-0.2, 0) is 16.3 Å². The molecular formula is C14H16N2O3S. The van der Waals surface area contributed by atoms with Crippen LogP contribution in [0.15, 0.2) is 47.6 Å². The maximum Gasteiger partial charge on any atom is 0.175 e. The van der Waals surface area contributed by atoms with E-state index in [1.165, 1.54) is 18.4 Å². The number of nitrogens with two attached hydrogens (primary N) is 1. The highest BCUT2D eigenvalue weighted by Gasteiger charge is 2.07. The minimum atomic E-state index is -3.19. The monoisotopic (exact) mass is 292 g/mol. The van der Waals surface area contributed by atoms with E-state index in [1.54, 1.807) is 24.5 Å². The van der Waals surface area contributed by atoms with Crippen molar-refractivity contribution in [2.45, 2.75) is 11.3 Å². The fourth-order valence-corrected chi connectivity index (χ4v) is 2.34. The standard InChI is InChI=1S/C14H16N2O3S/c1-20(17,18)14-4-2-12(3-5-14)19-13-8-11(6-7-15)9-16-10-13/h2-5,8-10H,6-7,15H2,1H3. The smallest absolute Gasteiger partial charge is 0.175 e. The molecule has 1 aromatic heterocycles. The summed E-state index contributed by atoms with van der Waals surface area (Å²) in [5.41, 5.74) is 6.49. The molecule has 0 amide bonds. The van der Waals surface area contributed by atoms with Crippen LogP contribution >= 0.6 is 0 Å². The Kier molecular flexibility index (Phi) is 4.36. The van der Waals surface area contributed by atoms with Crippen LogP contribution in [-0.4, -0.2) is 26.2 Å². The number of benzene rings is 1. The molecule has 20 heavy (non-hydrogen) atoms. The van der Waals surface area contributed by atoms with E-state index < -0.39 is 9.84 Å². The van der Waals surface area contributed by atoms with E-state index in [2.05, 4.69) is 4.98 Å². The van der Waals surface area contributed by atoms with E-state index in [-0.39, 0.29) is 4.90 Å². The average Bonchev–Trinajstić information content (AvgIpc) is 2.39. The second kappa shape index (κ2) is 6.02. The van der Waals surface area contributed by atoms with Gasteiger partial charge in [0.1, 0.15) is 11.5 Å². The van der Waals surface area contributed by atoms with E-state index in [9.17, 15) is 8.42 Å². The van der Waals surface area contributed by atoms with Gasteiger partial charge in [-0.3, -0.25) is 4.98 Å². The summed E-state index contributed by atoms with van der Waals surface area (Å²) >= 11 is 0. The lowest BCUT2D eigenvalue weighted by atomic mass is 10.2. The summed E-state index contributed by atoms with van der Waals surface area (Å²) in [5, 5.41) is 0. The fourth-order valence-electron chi connectivity index (χ4n) is 1.71. The van der Waals surface area contributed by atoms with Gasteiger partial charge in [-0.2, -0.15) is 0 Å². The third kappa shape index (κ3) is 3.79. The van der Waals surface area contributed by atoms with Gasteiger partial charge >= 0.3 is 0 Å². The summed E-state index contributed by atoms with van der Waals surface area (Å²) in [7, 11) is -3.19. The summed E-state index contributed by atoms with van der Waals surface area (Å²) in [5.74, 6) is 1.16. The van der Waals surface area contributed by atoms with Gasteiger partial charge in [-0.1, -0.05) is 0 Å². The largest absolute Gasteiger partial charge is 0.456 e. The number of pyridine rings is 1. The van der Waals surface area contributed by atoms with Crippen LogP contribution in [0.2, 0.25) is 0 Å². The summed E-state index contributed by atoms with van der Waals surface area (Å²) in [4.78, 5) is 4.34. The molecule has 0 bridgehead atoms. The molecule has 0 unspecified atom stereocenters. The molecule has 2 aromatic rings. The van der Waals surface area contributed by atoms with Gasteiger partial charge in [-0.05, 0) is 48.9 Å². The SMILES string of the molecule is CS(=O)(=O)c1ccc(Oc2cncc(CCN)c2)cc1. The topological polar surface area (TPSA) is 82.3 Å². The van der Waals surface area contributed by atoms with E-state index >= 15 is 0 Å². The van der Waals surface area contributed by atoms with Crippen LogP contribution in [0.1, 0.15) is 5.56 Å². The van der Waals surface area contributed by atoms with Crippen LogP contribution in [0.4, 0.5) is 0 Å². The number of hydrogen-bond donors (Lipinski definition) is 1. The predicted molar refractivity (Wildman–Crippen MR) is 76.6 cm³/mol. The Labute approximate surface area is 118 Å². The first-order chi connectivity index (χ1) is 9.49. The van der Waals surface area contributed by atoms with Crippen LogP contribution in [0.3, 0.4) is 0 Å². The Bertz CT molecular complexity index is 682. The number of rotatable bonds is 5. The summed E-state index contributed by atoms with van der Waals surface area (Å²) < 4.78 is 28.3. The molecule has 6 heteroatoms. The Morgan fingerprint density at radius 2 is 1.85 bits per heavy atom. The van der Waals surface area contributed by atoms with Gasteiger partial charge in [-0.25, -0.2) is 8.42 Å². The van der Waals surface area contributed by atoms with E-state index in [1.807, 2.05) is 6.07 Å². The normalized spacial score (nSPS) is 11.3. The molecule has 0 saturated heterocycles. The minimum Gasteiger partial charge on any atom is -0.456 e. The number of hydrogen-bond acceptors (Lipinski definition) is 5. The van der Waals surface area contributed by atoms with Crippen molar-refractivity contribution in [1.82, 2.24) is 4.98 Å². The second-order valence-electron chi connectivity index (χ2n) is 4.41. The van der Waals surface area contributed by atoms with Gasteiger partial charge in [0.15, 0.2) is 9.84 Å². The van der Waals surface area contributed by atoms with Crippen LogP contribution in [0, 0.1) is 0 Å². The molecule has 0 radical (unpaired) electrons. The molecule has 2 rings (SSSR count). The quantitative estimate of drug-likeness (QED) is 0.908. The lowest BCUT2D eigenvalue weighted by Gasteiger charge is -2.07. The zero-order valence-electron chi connectivity index (χ0n) is 11.1. The first-order valence-corrected chi connectivity index (χ1v) is 8.00. The van der Waals surface area contributed by atoms with Crippen molar-refractivity contribution < 1.29 is 13.2 Å². The third-order valence-corrected chi connectivity index (χ3v) is 3.82. The second-order valence-corrected chi connectivity index (χ2v) is 6.43. The van der Waals surface area contributed by atoms with Crippen molar-refractivity contribution in [2.24, 2.45) is 5.73 Å². The number of aromatic nitrogens is 1. The van der Waals surface area contributed by atoms with Crippen molar-refractivity contribution in [3.05, 3.63) is 48.3 Å². The third-order valence-electron chi connectivity index (χ3n) is 2.69. The van der Waals surface area contributed by atoms with E-state index in [0.29, 0.717) is 18.0 Å². The van der Waals surface area contributed by atoms with Gasteiger partial charge in [-0.15, -0.1) is 0 Å². The van der Waals surface area contributed by atoms with E-state index in [0.717, 1.165) is 12.0 Å². The van der Waals surface area contributed by atoms with Crippen molar-refractivity contribution in [1.29, 1.82) is 0 Å². The first kappa shape index (κ1) is 14.5. The highest BCUT2D eigenvalue weighted by molar-refractivity contribution is 7.90. The summed E-state index contributed by atoms with van der Waals surface area (Å²) in [6, 6.07) is 8.13. The van der Waals surface area contributed by atoms with Gasteiger partial charge in [0.05, 0.1) is 11.1 Å². The Morgan fingerprint density at radius 1 is 1.15 bits per heavy atom. The van der Waals surface area contributed by atoms with Crippen molar-refractivity contribution in [3.63, 3.8) is 0 Å². The van der Waals surface area contributed by atoms with Gasteiger partial charge < -0.3 is 10.5 Å². The van der Waals surface area contributed by atoms with Gasteiger partial charge in [0.2, 0.25) is 0 Å². The molecular weight excluding hydrogens is 276 g/mol. The molecule has 0 spiro atoms. The zero-order chi connectivity index (χ0) is 14.6. The number of ether oxygens (including phenoxy) is 1. The molecule has 5 nitrogen and oxygen atoms in total. The molecule has 106 valence electrons. The Morgan fingerprint density at radius 3 is 2.45 bits per heavy atom. The fraction of sp³-hybridized carbons (Fsp3) is 0.214. The first-order valence-electron chi connectivity index (χ1n) is 6.11. The van der Waals surface area contributed by atoms with Gasteiger partial charge in [0, 0.05) is 12.5 Å². The molecule has 0 aliphatic rings. The zero-order valence-corrected chi connectivity index (χ0v) is 11.9. The van der Waals surface area contributed by atoms with Gasteiger partial charge in [0.25, 0.3) is 0 Å². The summed E-state index contributed by atoms with van der Waals surface area (Å²) in [6.45, 7) is 0.550. The molecule has 0 atom stereocenters. The van der Waals surface area contributed by atoms with Crippen LogP contribution in [0.25, 0.3) is 0 Å². The lowest BCUT2D eigenvalue weighted by Crippen LogP contribution is -2.03. The molecule has 2 N–H and O–H groups in total. The van der Waals surface area contributed by atoms with Crippen molar-refractivity contribution in [3.8, 4) is 11.5 Å². The number of nitrogens with zero attached hydrogens (tertiary/aromatic N) is 1. The molecule has 0 aliphatic heterocycles. The lowest BCUT2D eigenvalue weighted by molar-refractivity contribution is 0.479. The van der Waals surface area contributed by atoms with Crippen molar-refractivity contribution in [2.75, 3.05) is 12.8 Å². The van der Waals surface area contributed by atoms with Crippen LogP contribution in [0.5, 0.6) is 11.5 Å². The highest BCUT2D eigenvalue weighted by Crippen LogP contribution is 2.23. The Hall–Kier alpha value is -1.92. The maximum atomic E-state index is 11.4. The molecule has 0 fully saturated rings. The molecule has 0 saturated carbocycles. The molecule has 0 aliphatic carbocycles. The highest BCUT2D eigenvalue weighted by atomic mass is 32.2. The predicted octanol–water partition coefficient (Wildman–Crippen LogP) is 1.78. The van der Waals surface area contributed by atoms with E-state index in [4.69, 9.17) is 10.5 Å². The summed E-state index contributed by atoms with van der Waals surface area (Å²) in [6.07, 6.45) is 5.25. The molecule has 1 aromatic carbocycles.